The van der Waals surface area contributed by atoms with Gasteiger partial charge in [0.1, 0.15) is 28.1 Å². The van der Waals surface area contributed by atoms with Crippen LogP contribution < -0.4 is 10.2 Å². The van der Waals surface area contributed by atoms with E-state index in [0.29, 0.717) is 10.8 Å². The van der Waals surface area contributed by atoms with Gasteiger partial charge in [0, 0.05) is 18.8 Å². The fourth-order valence-corrected chi connectivity index (χ4v) is 5.72. The smallest absolute Gasteiger partial charge is 0.192 e. The fourth-order valence-electron chi connectivity index (χ4n) is 4.87. The number of nitrogens with one attached hydrogen (secondary N) is 1. The third kappa shape index (κ3) is 3.97. The summed E-state index contributed by atoms with van der Waals surface area (Å²) in [4.78, 5) is 12.7. The molecule has 0 aliphatic carbocycles. The molecule has 0 saturated carbocycles. The van der Waals surface area contributed by atoms with Crippen LogP contribution in [0.5, 0.6) is 0 Å². The molecule has 174 valence electrons. The first-order valence-electron chi connectivity index (χ1n) is 11.9. The molecular weight excluding hydrogens is 440 g/mol. The van der Waals surface area contributed by atoms with Gasteiger partial charge in [-0.15, -0.1) is 0 Å². The molecule has 1 aromatic carbocycles. The average molecular weight is 471 g/mol. The van der Waals surface area contributed by atoms with Crippen LogP contribution in [0, 0.1) is 25.2 Å². The normalized spacial score (nSPS) is 14.4. The summed E-state index contributed by atoms with van der Waals surface area (Å²) in [7, 11) is 2.04. The molecule has 1 N–H and O–H groups in total. The summed E-state index contributed by atoms with van der Waals surface area (Å²) in [5, 5.41) is 14.1. The second kappa shape index (κ2) is 9.21. The molecule has 6 nitrogen and oxygen atoms in total. The number of imidazole rings is 1. The molecule has 0 bridgehead atoms. The first kappa shape index (κ1) is 22.6. The highest BCUT2D eigenvalue weighted by Crippen LogP contribution is 2.38. The van der Waals surface area contributed by atoms with Crippen LogP contribution >= 0.6 is 11.3 Å². The molecule has 1 saturated heterocycles. The topological polar surface area (TPSA) is 69.2 Å². The number of hydrogen-bond acceptors (Lipinski definition) is 6. The molecule has 1 fully saturated rings. The summed E-state index contributed by atoms with van der Waals surface area (Å²) in [6.45, 7) is 8.49. The largest absolute Gasteiger partial charge is 0.317 e. The van der Waals surface area contributed by atoms with Crippen LogP contribution in [0.15, 0.2) is 36.5 Å². The number of nitriles is 1. The van der Waals surface area contributed by atoms with E-state index in [9.17, 15) is 5.26 Å². The predicted octanol–water partition coefficient (Wildman–Crippen LogP) is 5.74. The van der Waals surface area contributed by atoms with Gasteiger partial charge in [0.2, 0.25) is 0 Å². The van der Waals surface area contributed by atoms with Crippen LogP contribution in [-0.4, -0.2) is 34.5 Å². The number of pyridine rings is 1. The Morgan fingerprint density at radius 3 is 2.59 bits per heavy atom. The van der Waals surface area contributed by atoms with Gasteiger partial charge in [-0.25, -0.2) is 9.97 Å². The molecule has 0 atom stereocenters. The zero-order valence-electron chi connectivity index (χ0n) is 20.2. The number of hydrogen-bond donors (Lipinski definition) is 1. The Labute approximate surface area is 204 Å². The van der Waals surface area contributed by atoms with Crippen molar-refractivity contribution in [1.82, 2.24) is 19.7 Å². The van der Waals surface area contributed by atoms with E-state index in [2.05, 4.69) is 65.9 Å². The van der Waals surface area contributed by atoms with Gasteiger partial charge in [-0.1, -0.05) is 54.2 Å². The second-order valence-electron chi connectivity index (χ2n) is 9.12. The van der Waals surface area contributed by atoms with Crippen molar-refractivity contribution in [2.24, 2.45) is 0 Å². The van der Waals surface area contributed by atoms with Crippen LogP contribution in [0.1, 0.15) is 52.9 Å². The maximum Gasteiger partial charge on any atom is 0.192 e. The Balaban J connectivity index is 1.61. The van der Waals surface area contributed by atoms with E-state index in [0.717, 1.165) is 65.9 Å². The van der Waals surface area contributed by atoms with E-state index in [-0.39, 0.29) is 0 Å². The van der Waals surface area contributed by atoms with Crippen LogP contribution in [0.3, 0.4) is 0 Å². The van der Waals surface area contributed by atoms with Crippen molar-refractivity contribution < 1.29 is 0 Å². The first-order chi connectivity index (χ1) is 16.5. The molecule has 5 rings (SSSR count). The molecule has 4 aromatic rings. The lowest BCUT2D eigenvalue weighted by atomic mass is 9.91. The van der Waals surface area contributed by atoms with Crippen molar-refractivity contribution >= 4 is 27.9 Å². The molecule has 1 aliphatic rings. The molecule has 3 aromatic heterocycles. The number of rotatable bonds is 5. The summed E-state index contributed by atoms with van der Waals surface area (Å²) < 4.78 is 2.24. The van der Waals surface area contributed by atoms with Gasteiger partial charge in [0.15, 0.2) is 5.13 Å². The number of aryl methyl sites for hydroxylation is 3. The fraction of sp³-hybridized carbons (Fsp3) is 0.370. The van der Waals surface area contributed by atoms with Crippen molar-refractivity contribution in [3.8, 4) is 17.3 Å². The van der Waals surface area contributed by atoms with Crippen LogP contribution in [0.2, 0.25) is 0 Å². The number of thiazole rings is 1. The van der Waals surface area contributed by atoms with Crippen LogP contribution in [0.4, 0.5) is 10.9 Å². The lowest BCUT2D eigenvalue weighted by Gasteiger charge is -2.24. The molecule has 0 unspecified atom stereocenters. The zero-order chi connectivity index (χ0) is 23.8. The van der Waals surface area contributed by atoms with Crippen molar-refractivity contribution in [1.29, 1.82) is 5.26 Å². The summed E-state index contributed by atoms with van der Waals surface area (Å²) in [5.41, 5.74) is 7.50. The van der Waals surface area contributed by atoms with Gasteiger partial charge >= 0.3 is 0 Å². The molecule has 7 heteroatoms. The summed E-state index contributed by atoms with van der Waals surface area (Å²) in [5.74, 6) is 1.60. The number of fused-ring (bicyclic) bond motifs is 1. The lowest BCUT2D eigenvalue weighted by Crippen LogP contribution is -2.26. The number of benzene rings is 1. The van der Waals surface area contributed by atoms with Gasteiger partial charge in [0.25, 0.3) is 0 Å². The number of nitrogens with zero attached hydrogens (tertiary/aromatic N) is 5. The van der Waals surface area contributed by atoms with Crippen LogP contribution in [-0.2, 0) is 6.42 Å². The molecule has 4 heterocycles. The monoisotopic (exact) mass is 470 g/mol. The molecule has 0 radical (unpaired) electrons. The van der Waals surface area contributed by atoms with E-state index in [1.165, 1.54) is 28.0 Å². The highest BCUT2D eigenvalue weighted by Gasteiger charge is 2.24. The van der Waals surface area contributed by atoms with E-state index < -0.39 is 0 Å². The molecule has 0 amide bonds. The van der Waals surface area contributed by atoms with Crippen molar-refractivity contribution in [3.05, 3.63) is 63.8 Å². The highest BCUT2D eigenvalue weighted by molar-refractivity contribution is 7.16. The van der Waals surface area contributed by atoms with Crippen molar-refractivity contribution in [2.75, 3.05) is 25.0 Å². The SMILES string of the molecule is CCc1nc2c(C)cc(C3CCNCC3)cn2c1N(C)c1nc(-c2ccc(C)cc2)c(C#N)s1. The van der Waals surface area contributed by atoms with Crippen molar-refractivity contribution in [3.63, 3.8) is 0 Å². The van der Waals surface area contributed by atoms with Gasteiger partial charge < -0.3 is 10.2 Å². The Morgan fingerprint density at radius 2 is 1.91 bits per heavy atom. The molecule has 34 heavy (non-hydrogen) atoms. The standard InChI is InChI=1S/C27H30N6S/c1-5-22-26(33-16-21(14-18(3)25(33)30-22)19-10-12-29-13-11-19)32(4)27-31-24(23(15-28)34-27)20-8-6-17(2)7-9-20/h6-9,14,16,19,29H,5,10-13H2,1-4H3. The van der Waals surface area contributed by atoms with Gasteiger partial charge in [-0.05, 0) is 63.2 Å². The Bertz CT molecular complexity index is 1370. The Morgan fingerprint density at radius 1 is 1.18 bits per heavy atom. The maximum atomic E-state index is 9.83. The quantitative estimate of drug-likeness (QED) is 0.403. The van der Waals surface area contributed by atoms with E-state index in [1.54, 1.807) is 0 Å². The molecule has 1 aliphatic heterocycles. The van der Waals surface area contributed by atoms with Gasteiger partial charge in [-0.3, -0.25) is 4.40 Å². The number of anilines is 2. The summed E-state index contributed by atoms with van der Waals surface area (Å²) >= 11 is 1.43. The minimum absolute atomic E-state index is 0.563. The number of aromatic nitrogens is 3. The summed E-state index contributed by atoms with van der Waals surface area (Å²) in [6.07, 6.45) is 5.41. The lowest BCUT2D eigenvalue weighted by molar-refractivity contribution is 0.459. The van der Waals surface area contributed by atoms with E-state index in [1.807, 2.05) is 19.2 Å². The Hall–Kier alpha value is -3.21. The molecule has 0 spiro atoms. The van der Waals surface area contributed by atoms with Gasteiger partial charge in [-0.2, -0.15) is 5.26 Å². The van der Waals surface area contributed by atoms with Crippen molar-refractivity contribution in [2.45, 2.75) is 46.0 Å². The number of piperidine rings is 1. The molecular formula is C27H30N6S. The van der Waals surface area contributed by atoms with Gasteiger partial charge in [0.05, 0.1) is 5.69 Å². The third-order valence-electron chi connectivity index (χ3n) is 6.76. The van der Waals surface area contributed by atoms with E-state index >= 15 is 0 Å². The second-order valence-corrected chi connectivity index (χ2v) is 10.1. The highest BCUT2D eigenvalue weighted by atomic mass is 32.1. The zero-order valence-corrected chi connectivity index (χ0v) is 21.0. The average Bonchev–Trinajstić information content (AvgIpc) is 3.46. The maximum absolute atomic E-state index is 9.83. The van der Waals surface area contributed by atoms with E-state index in [4.69, 9.17) is 9.97 Å². The first-order valence-corrected chi connectivity index (χ1v) is 12.8. The third-order valence-corrected chi connectivity index (χ3v) is 7.80. The summed E-state index contributed by atoms with van der Waals surface area (Å²) in [6, 6.07) is 12.9. The Kier molecular flexibility index (Phi) is 6.11. The minimum atomic E-state index is 0.563. The predicted molar refractivity (Wildman–Crippen MR) is 139 cm³/mol. The minimum Gasteiger partial charge on any atom is -0.317 e. The van der Waals surface area contributed by atoms with Crippen LogP contribution in [0.25, 0.3) is 16.9 Å².